The van der Waals surface area contributed by atoms with E-state index in [0.29, 0.717) is 0 Å². The Balaban J connectivity index is 1.71. The molecule has 3 rings (SSSR count). The molecule has 2 aromatic rings. The van der Waals surface area contributed by atoms with Crippen LogP contribution in [0.15, 0.2) is 54.2 Å². The van der Waals surface area contributed by atoms with Crippen molar-refractivity contribution in [2.75, 3.05) is 20.1 Å². The van der Waals surface area contributed by atoms with Crippen LogP contribution in [0.4, 0.5) is 9.18 Å². The molecule has 2 aromatic carbocycles. The highest BCUT2D eigenvalue weighted by atomic mass is 19.1. The van der Waals surface area contributed by atoms with E-state index in [1.54, 1.807) is 30.3 Å². The molecule has 31 heavy (non-hydrogen) atoms. The van der Waals surface area contributed by atoms with E-state index in [1.165, 1.54) is 6.07 Å². The van der Waals surface area contributed by atoms with Gasteiger partial charge in [0.2, 0.25) is 0 Å². The predicted octanol–water partition coefficient (Wildman–Crippen LogP) is 4.16. The summed E-state index contributed by atoms with van der Waals surface area (Å²) in [5, 5.41) is 11.6. The molecule has 1 saturated heterocycles. The van der Waals surface area contributed by atoms with Crippen LogP contribution in [0.3, 0.4) is 0 Å². The third-order valence-electron chi connectivity index (χ3n) is 5.77. The van der Waals surface area contributed by atoms with Gasteiger partial charge in [0.25, 0.3) is 0 Å². The molecule has 0 radical (unpaired) electrons. The highest BCUT2D eigenvalue weighted by molar-refractivity contribution is 5.95. The summed E-state index contributed by atoms with van der Waals surface area (Å²) in [4.78, 5) is 25.8. The fourth-order valence-corrected chi connectivity index (χ4v) is 3.60. The molecular weight excluding hydrogens is 399 g/mol. The first-order valence-electron chi connectivity index (χ1n) is 10.2. The van der Waals surface area contributed by atoms with Crippen LogP contribution >= 0.6 is 0 Å². The van der Waals surface area contributed by atoms with Crippen molar-refractivity contribution in [3.8, 4) is 0 Å². The zero-order chi connectivity index (χ0) is 22.4. The van der Waals surface area contributed by atoms with Gasteiger partial charge in [-0.1, -0.05) is 49.4 Å². The van der Waals surface area contributed by atoms with Gasteiger partial charge in [-0.15, -0.1) is 0 Å². The van der Waals surface area contributed by atoms with E-state index in [9.17, 15) is 19.1 Å². The maximum Gasteiger partial charge on any atom is 0.412 e. The lowest BCUT2D eigenvalue weighted by Crippen LogP contribution is -2.38. The average molecular weight is 426 g/mol. The number of ether oxygens (including phenoxy) is 1. The third kappa shape index (κ3) is 5.92. The van der Waals surface area contributed by atoms with Crippen molar-refractivity contribution in [2.45, 2.75) is 31.8 Å². The highest BCUT2D eigenvalue weighted by Crippen LogP contribution is 2.35. The maximum atomic E-state index is 14.8. The van der Waals surface area contributed by atoms with Crippen molar-refractivity contribution < 1.29 is 23.8 Å². The fraction of sp³-hybridized carbons (Fsp3) is 0.333. The normalized spacial score (nSPS) is 16.5. The maximum absolute atomic E-state index is 14.8. The van der Waals surface area contributed by atoms with E-state index in [2.05, 4.69) is 24.2 Å². The number of carbonyl (C=O) groups excluding carboxylic acids is 1. The monoisotopic (exact) mass is 426 g/mol. The van der Waals surface area contributed by atoms with Crippen LogP contribution < -0.4 is 5.32 Å². The Kier molecular flexibility index (Phi) is 7.07. The second-order valence-electron chi connectivity index (χ2n) is 8.15. The van der Waals surface area contributed by atoms with Gasteiger partial charge in [-0.2, -0.15) is 0 Å². The SMILES string of the molecule is CN1CCC(C)(c2ccc(C=C(NC(=O)OCc3ccccc3)C(=O)O)c(F)c2)CC1. The molecule has 6 nitrogen and oxygen atoms in total. The molecule has 0 saturated carbocycles. The number of nitrogens with one attached hydrogen (secondary N) is 1. The van der Waals surface area contributed by atoms with Gasteiger partial charge < -0.3 is 14.7 Å². The summed E-state index contributed by atoms with van der Waals surface area (Å²) in [6, 6.07) is 13.8. The summed E-state index contributed by atoms with van der Waals surface area (Å²) in [7, 11) is 2.07. The minimum Gasteiger partial charge on any atom is -0.477 e. The van der Waals surface area contributed by atoms with Gasteiger partial charge in [0.05, 0.1) is 0 Å². The Labute approximate surface area is 181 Å². The standard InChI is InChI=1S/C24H27FN2O4/c1-24(10-12-27(2)13-11-24)19-9-8-18(20(25)15-19)14-21(22(28)29)26-23(30)31-16-17-6-4-3-5-7-17/h3-9,14-15H,10-13,16H2,1-2H3,(H,26,30)(H,28,29). The number of piperidine rings is 1. The molecule has 0 atom stereocenters. The number of rotatable bonds is 6. The zero-order valence-corrected chi connectivity index (χ0v) is 17.7. The van der Waals surface area contributed by atoms with Gasteiger partial charge in [0, 0.05) is 5.56 Å². The summed E-state index contributed by atoms with van der Waals surface area (Å²) in [6.07, 6.45) is 2.02. The first-order valence-corrected chi connectivity index (χ1v) is 10.2. The number of carboxylic acid groups (broad SMARTS) is 1. The zero-order valence-electron chi connectivity index (χ0n) is 17.7. The van der Waals surface area contributed by atoms with Gasteiger partial charge in [-0.3, -0.25) is 5.32 Å². The first-order chi connectivity index (χ1) is 14.8. The van der Waals surface area contributed by atoms with Gasteiger partial charge in [-0.25, -0.2) is 14.0 Å². The summed E-state index contributed by atoms with van der Waals surface area (Å²) >= 11 is 0. The largest absolute Gasteiger partial charge is 0.477 e. The first kappa shape index (κ1) is 22.5. The van der Waals surface area contributed by atoms with Crippen LogP contribution in [0.25, 0.3) is 6.08 Å². The molecule has 1 heterocycles. The lowest BCUT2D eigenvalue weighted by molar-refractivity contribution is -0.132. The molecule has 0 aliphatic carbocycles. The molecule has 0 aromatic heterocycles. The van der Waals surface area contributed by atoms with Crippen molar-refractivity contribution in [3.63, 3.8) is 0 Å². The Morgan fingerprint density at radius 2 is 1.87 bits per heavy atom. The van der Waals surface area contributed by atoms with Crippen molar-refractivity contribution in [3.05, 3.63) is 76.7 Å². The molecule has 1 amide bonds. The van der Waals surface area contributed by atoms with Gasteiger partial charge in [-0.05, 0) is 61.7 Å². The molecule has 7 heteroatoms. The quantitative estimate of drug-likeness (QED) is 0.678. The van der Waals surface area contributed by atoms with E-state index < -0.39 is 23.6 Å². The van der Waals surface area contributed by atoms with Crippen LogP contribution in [0, 0.1) is 5.82 Å². The lowest BCUT2D eigenvalue weighted by atomic mass is 9.74. The number of likely N-dealkylation sites (tertiary alicyclic amines) is 1. The number of halogens is 1. The number of hydrogen-bond donors (Lipinski definition) is 2. The summed E-state index contributed by atoms with van der Waals surface area (Å²) < 4.78 is 19.8. The van der Waals surface area contributed by atoms with E-state index >= 15 is 0 Å². The van der Waals surface area contributed by atoms with Gasteiger partial charge in [0.15, 0.2) is 0 Å². The lowest BCUT2D eigenvalue weighted by Gasteiger charge is -2.38. The van der Waals surface area contributed by atoms with Crippen molar-refractivity contribution in [2.24, 2.45) is 0 Å². The number of benzene rings is 2. The number of amides is 1. The van der Waals surface area contributed by atoms with Crippen LogP contribution in [0.2, 0.25) is 0 Å². The summed E-state index contributed by atoms with van der Waals surface area (Å²) in [5.74, 6) is -1.92. The molecule has 0 spiro atoms. The minimum absolute atomic E-state index is 0.00357. The number of aliphatic carboxylic acids is 1. The highest BCUT2D eigenvalue weighted by Gasteiger charge is 2.31. The van der Waals surface area contributed by atoms with Gasteiger partial charge in [0.1, 0.15) is 18.1 Å². The van der Waals surface area contributed by atoms with Crippen LogP contribution in [-0.4, -0.2) is 42.2 Å². The summed E-state index contributed by atoms with van der Waals surface area (Å²) in [5.41, 5.74) is 1.16. The van der Waals surface area contributed by atoms with E-state index in [0.717, 1.165) is 43.1 Å². The molecule has 1 fully saturated rings. The predicted molar refractivity (Wildman–Crippen MR) is 116 cm³/mol. The Bertz CT molecular complexity index is 967. The molecular formula is C24H27FN2O4. The molecule has 0 unspecified atom stereocenters. The molecule has 2 N–H and O–H groups in total. The molecule has 164 valence electrons. The summed E-state index contributed by atoms with van der Waals surface area (Å²) in [6.45, 7) is 4.00. The number of hydrogen-bond acceptors (Lipinski definition) is 4. The van der Waals surface area contributed by atoms with Crippen molar-refractivity contribution in [1.82, 2.24) is 10.2 Å². The third-order valence-corrected chi connectivity index (χ3v) is 5.77. The Morgan fingerprint density at radius 1 is 1.19 bits per heavy atom. The Hall–Kier alpha value is -3.19. The number of nitrogens with zero attached hydrogens (tertiary/aromatic N) is 1. The van der Waals surface area contributed by atoms with E-state index in [-0.39, 0.29) is 17.6 Å². The van der Waals surface area contributed by atoms with Crippen LogP contribution in [0.5, 0.6) is 0 Å². The fourth-order valence-electron chi connectivity index (χ4n) is 3.60. The van der Waals surface area contributed by atoms with E-state index in [4.69, 9.17) is 4.74 Å². The second kappa shape index (κ2) is 9.75. The molecule has 1 aliphatic heterocycles. The topological polar surface area (TPSA) is 78.9 Å². The number of alkyl carbamates (subject to hydrolysis) is 1. The smallest absolute Gasteiger partial charge is 0.412 e. The Morgan fingerprint density at radius 3 is 2.48 bits per heavy atom. The molecule has 0 bridgehead atoms. The van der Waals surface area contributed by atoms with Crippen LogP contribution in [-0.2, 0) is 21.6 Å². The van der Waals surface area contributed by atoms with E-state index in [1.807, 2.05) is 12.1 Å². The van der Waals surface area contributed by atoms with Crippen molar-refractivity contribution >= 4 is 18.1 Å². The van der Waals surface area contributed by atoms with Gasteiger partial charge >= 0.3 is 12.1 Å². The number of carboxylic acids is 1. The number of carbonyl (C=O) groups is 2. The van der Waals surface area contributed by atoms with Crippen molar-refractivity contribution in [1.29, 1.82) is 0 Å². The molecule has 1 aliphatic rings. The van der Waals surface area contributed by atoms with Crippen LogP contribution in [0.1, 0.15) is 36.5 Å². The average Bonchev–Trinajstić information content (AvgIpc) is 2.76. The second-order valence-corrected chi connectivity index (χ2v) is 8.15. The minimum atomic E-state index is -1.39.